The van der Waals surface area contributed by atoms with Gasteiger partial charge in [0.25, 0.3) is 0 Å². The molecule has 0 aliphatic carbocycles. The average molecular weight is 195 g/mol. The maximum Gasteiger partial charge on any atom is 0.0292 e. The summed E-state index contributed by atoms with van der Waals surface area (Å²) in [5.41, 5.74) is 7.15. The Morgan fingerprint density at radius 3 is 2.31 bits per heavy atom. The van der Waals surface area contributed by atoms with Gasteiger partial charge in [-0.25, -0.2) is 0 Å². The minimum atomic E-state index is 0.195. The van der Waals surface area contributed by atoms with E-state index in [4.69, 9.17) is 5.73 Å². The largest absolute Gasteiger partial charge is 0.324 e. The third kappa shape index (κ3) is 3.05. The second-order valence-electron chi connectivity index (χ2n) is 3.02. The Morgan fingerprint density at radius 2 is 1.85 bits per heavy atom. The van der Waals surface area contributed by atoms with Gasteiger partial charge in [-0.05, 0) is 29.9 Å². The van der Waals surface area contributed by atoms with Crippen molar-refractivity contribution in [3.8, 4) is 0 Å². The summed E-state index contributed by atoms with van der Waals surface area (Å²) in [6.07, 6.45) is 1.00. The molecule has 13 heavy (non-hydrogen) atoms. The van der Waals surface area contributed by atoms with Gasteiger partial charge in [0.05, 0.1) is 0 Å². The first-order chi connectivity index (χ1) is 6.27. The normalized spacial score (nSPS) is 12.8. The highest BCUT2D eigenvalue weighted by atomic mass is 32.2. The van der Waals surface area contributed by atoms with Crippen LogP contribution in [0.5, 0.6) is 0 Å². The van der Waals surface area contributed by atoms with E-state index in [1.807, 2.05) is 11.8 Å². The summed E-state index contributed by atoms with van der Waals surface area (Å²) in [6, 6.07) is 8.76. The first-order valence-electron chi connectivity index (χ1n) is 4.76. The zero-order valence-corrected chi connectivity index (χ0v) is 9.10. The highest BCUT2D eigenvalue weighted by Crippen LogP contribution is 2.20. The van der Waals surface area contributed by atoms with E-state index < -0.39 is 0 Å². The fourth-order valence-corrected chi connectivity index (χ4v) is 1.88. The fraction of sp³-hybridized carbons (Fsp3) is 0.455. The number of hydrogen-bond donors (Lipinski definition) is 1. The van der Waals surface area contributed by atoms with Crippen molar-refractivity contribution in [2.24, 2.45) is 5.73 Å². The van der Waals surface area contributed by atoms with E-state index >= 15 is 0 Å². The molecule has 1 atom stereocenters. The zero-order chi connectivity index (χ0) is 9.68. The highest BCUT2D eigenvalue weighted by molar-refractivity contribution is 7.99. The predicted octanol–water partition coefficient (Wildman–Crippen LogP) is 3.21. The average Bonchev–Trinajstić information content (AvgIpc) is 2.18. The van der Waals surface area contributed by atoms with E-state index in [0.717, 1.165) is 12.2 Å². The van der Waals surface area contributed by atoms with Gasteiger partial charge in [-0.2, -0.15) is 0 Å². The van der Waals surface area contributed by atoms with Gasteiger partial charge in [-0.3, -0.25) is 0 Å². The van der Waals surface area contributed by atoms with E-state index in [0.29, 0.717) is 0 Å². The van der Waals surface area contributed by atoms with Crippen LogP contribution in [0.2, 0.25) is 0 Å². The second-order valence-corrected chi connectivity index (χ2v) is 4.35. The standard InChI is InChI=1S/C11H17NS/c1-3-11(12)9-5-7-10(8-6-9)13-4-2/h5-8,11H,3-4,12H2,1-2H3. The molecule has 0 saturated heterocycles. The molecule has 0 aliphatic rings. The van der Waals surface area contributed by atoms with Crippen molar-refractivity contribution < 1.29 is 0 Å². The van der Waals surface area contributed by atoms with Crippen molar-refractivity contribution in [2.75, 3.05) is 5.75 Å². The van der Waals surface area contributed by atoms with Crippen molar-refractivity contribution in [1.29, 1.82) is 0 Å². The molecule has 0 spiro atoms. The summed E-state index contributed by atoms with van der Waals surface area (Å²) in [6.45, 7) is 4.27. The number of thioether (sulfide) groups is 1. The Hall–Kier alpha value is -0.470. The van der Waals surface area contributed by atoms with Crippen LogP contribution in [0.25, 0.3) is 0 Å². The Balaban J connectivity index is 2.69. The quantitative estimate of drug-likeness (QED) is 0.747. The molecule has 72 valence electrons. The van der Waals surface area contributed by atoms with E-state index in [2.05, 4.69) is 38.1 Å². The molecule has 0 radical (unpaired) electrons. The van der Waals surface area contributed by atoms with Gasteiger partial charge in [-0.15, -0.1) is 11.8 Å². The van der Waals surface area contributed by atoms with Gasteiger partial charge >= 0.3 is 0 Å². The second kappa shape index (κ2) is 5.30. The molecule has 0 heterocycles. The number of rotatable bonds is 4. The van der Waals surface area contributed by atoms with E-state index in [1.165, 1.54) is 10.5 Å². The number of hydrogen-bond acceptors (Lipinski definition) is 2. The summed E-state index contributed by atoms with van der Waals surface area (Å²) < 4.78 is 0. The summed E-state index contributed by atoms with van der Waals surface area (Å²) in [5.74, 6) is 1.12. The molecule has 0 aliphatic heterocycles. The van der Waals surface area contributed by atoms with Gasteiger partial charge < -0.3 is 5.73 Å². The van der Waals surface area contributed by atoms with Crippen LogP contribution in [0, 0.1) is 0 Å². The molecule has 0 aromatic heterocycles. The van der Waals surface area contributed by atoms with E-state index in [-0.39, 0.29) is 6.04 Å². The number of benzene rings is 1. The minimum Gasteiger partial charge on any atom is -0.324 e. The first-order valence-corrected chi connectivity index (χ1v) is 5.74. The fourth-order valence-electron chi connectivity index (χ4n) is 1.21. The Labute approximate surface area is 84.7 Å². The smallest absolute Gasteiger partial charge is 0.0292 e. The maximum atomic E-state index is 5.91. The molecule has 0 fully saturated rings. The molecule has 2 heteroatoms. The SMILES string of the molecule is CCSc1ccc(C(N)CC)cc1. The van der Waals surface area contributed by atoms with Crippen molar-refractivity contribution >= 4 is 11.8 Å². The molecule has 2 N–H and O–H groups in total. The van der Waals surface area contributed by atoms with Gasteiger partial charge in [-0.1, -0.05) is 26.0 Å². The third-order valence-electron chi connectivity index (χ3n) is 2.06. The lowest BCUT2D eigenvalue weighted by Crippen LogP contribution is -2.07. The third-order valence-corrected chi connectivity index (χ3v) is 2.95. The Morgan fingerprint density at radius 1 is 1.23 bits per heavy atom. The molecule has 1 aromatic carbocycles. The number of nitrogens with two attached hydrogens (primary N) is 1. The van der Waals surface area contributed by atoms with Crippen LogP contribution in [0.15, 0.2) is 29.2 Å². The minimum absolute atomic E-state index is 0.195. The van der Waals surface area contributed by atoms with Gasteiger partial charge in [0.15, 0.2) is 0 Å². The van der Waals surface area contributed by atoms with Crippen molar-refractivity contribution in [3.63, 3.8) is 0 Å². The first kappa shape index (κ1) is 10.6. The molecular formula is C11H17NS. The summed E-state index contributed by atoms with van der Waals surface area (Å²) >= 11 is 1.86. The lowest BCUT2D eigenvalue weighted by atomic mass is 10.1. The Kier molecular flexibility index (Phi) is 4.33. The van der Waals surface area contributed by atoms with Gasteiger partial charge in [0, 0.05) is 10.9 Å². The molecule has 0 amide bonds. The van der Waals surface area contributed by atoms with Crippen molar-refractivity contribution in [3.05, 3.63) is 29.8 Å². The molecular weight excluding hydrogens is 178 g/mol. The molecule has 0 bridgehead atoms. The molecule has 0 saturated carbocycles. The molecule has 1 aromatic rings. The predicted molar refractivity (Wildman–Crippen MR) is 60.1 cm³/mol. The van der Waals surface area contributed by atoms with E-state index in [1.54, 1.807) is 0 Å². The highest BCUT2D eigenvalue weighted by Gasteiger charge is 2.01. The lowest BCUT2D eigenvalue weighted by Gasteiger charge is -2.09. The van der Waals surface area contributed by atoms with Crippen LogP contribution in [0.4, 0.5) is 0 Å². The maximum absolute atomic E-state index is 5.91. The van der Waals surface area contributed by atoms with Gasteiger partial charge in [0.2, 0.25) is 0 Å². The summed E-state index contributed by atoms with van der Waals surface area (Å²) in [4.78, 5) is 1.33. The van der Waals surface area contributed by atoms with Crippen LogP contribution >= 0.6 is 11.8 Å². The van der Waals surface area contributed by atoms with Crippen LogP contribution in [-0.2, 0) is 0 Å². The molecule has 1 rings (SSSR count). The lowest BCUT2D eigenvalue weighted by molar-refractivity contribution is 0.698. The van der Waals surface area contributed by atoms with E-state index in [9.17, 15) is 0 Å². The van der Waals surface area contributed by atoms with Crippen LogP contribution < -0.4 is 5.73 Å². The van der Waals surface area contributed by atoms with Crippen LogP contribution in [0.3, 0.4) is 0 Å². The topological polar surface area (TPSA) is 26.0 Å². The van der Waals surface area contributed by atoms with Gasteiger partial charge in [0.1, 0.15) is 0 Å². The summed E-state index contributed by atoms with van der Waals surface area (Å²) in [7, 11) is 0. The molecule has 1 nitrogen and oxygen atoms in total. The van der Waals surface area contributed by atoms with Crippen LogP contribution in [0.1, 0.15) is 31.9 Å². The van der Waals surface area contributed by atoms with Crippen LogP contribution in [-0.4, -0.2) is 5.75 Å². The van der Waals surface area contributed by atoms with Crippen molar-refractivity contribution in [1.82, 2.24) is 0 Å². The summed E-state index contributed by atoms with van der Waals surface area (Å²) in [5, 5.41) is 0. The molecule has 1 unspecified atom stereocenters. The van der Waals surface area contributed by atoms with Crippen molar-refractivity contribution in [2.45, 2.75) is 31.2 Å². The monoisotopic (exact) mass is 195 g/mol. The Bertz CT molecular complexity index is 243. The zero-order valence-electron chi connectivity index (χ0n) is 8.29.